The molecule has 0 radical (unpaired) electrons. The molecule has 0 aliphatic heterocycles. The Bertz CT molecular complexity index is 89.6. The molecule has 0 bridgehead atoms. The lowest BCUT2D eigenvalue weighted by Gasteiger charge is -1.68. The van der Waals surface area contributed by atoms with Crippen molar-refractivity contribution in [1.82, 2.24) is 0 Å². The topological polar surface area (TPSA) is 115 Å². The Morgan fingerprint density at radius 2 is 0.923 bits per heavy atom. The Labute approximate surface area is 77.4 Å². The summed E-state index contributed by atoms with van der Waals surface area (Å²) in [6.45, 7) is 4.36. The van der Waals surface area contributed by atoms with Crippen LogP contribution in [0.4, 0.5) is 9.59 Å². The van der Waals surface area contributed by atoms with Crippen LogP contribution in [0.3, 0.4) is 0 Å². The summed E-state index contributed by atoms with van der Waals surface area (Å²) in [5.74, 6) is 0. The van der Waals surface area contributed by atoms with Crippen molar-refractivity contribution in [3.63, 3.8) is 0 Å². The van der Waals surface area contributed by atoms with Crippen LogP contribution in [0.15, 0.2) is 0 Å². The number of rotatable bonds is 1. The molecule has 0 aliphatic carbocycles. The van der Waals surface area contributed by atoms with Crippen LogP contribution in [0.5, 0.6) is 0 Å². The summed E-state index contributed by atoms with van der Waals surface area (Å²) in [5.41, 5.74) is 0. The third-order valence-electron chi connectivity index (χ3n) is 0.500. The van der Waals surface area contributed by atoms with Crippen LogP contribution in [-0.2, 0) is 0 Å². The van der Waals surface area contributed by atoms with Crippen LogP contribution in [0, 0.1) is 0 Å². The van der Waals surface area contributed by atoms with Crippen LogP contribution in [0.25, 0.3) is 0 Å². The molecule has 0 fully saturated rings. The van der Waals surface area contributed by atoms with Crippen molar-refractivity contribution in [2.24, 2.45) is 0 Å². The summed E-state index contributed by atoms with van der Waals surface area (Å²) in [6, 6.07) is 0. The van der Waals surface area contributed by atoms with E-state index in [2.05, 4.69) is 13.8 Å². The second kappa shape index (κ2) is 22.4. The summed E-state index contributed by atoms with van der Waals surface area (Å²) in [4.78, 5) is 17.1. The average Bonchev–Trinajstić information content (AvgIpc) is 1.85. The molecule has 6 nitrogen and oxygen atoms in total. The zero-order chi connectivity index (χ0) is 10.6. The van der Waals surface area contributed by atoms with Crippen molar-refractivity contribution in [3.05, 3.63) is 0 Å². The Balaban J connectivity index is -0.0000000450. The third-order valence-corrected chi connectivity index (χ3v) is 0.500. The predicted octanol–water partition coefficient (Wildman–Crippen LogP) is 2.89. The molecule has 0 aliphatic rings. The van der Waals surface area contributed by atoms with Gasteiger partial charge in [-0.2, -0.15) is 0 Å². The molecule has 82 valence electrons. The SMILES string of the molecule is C.CCCC.O=C(O)O.O=C(O)O. The summed E-state index contributed by atoms with van der Waals surface area (Å²) in [6.07, 6.45) is -1.03. The molecule has 0 heterocycles. The Morgan fingerprint density at radius 1 is 0.846 bits per heavy atom. The maximum absolute atomic E-state index is 8.56. The molecule has 0 spiro atoms. The minimum atomic E-state index is -1.83. The smallest absolute Gasteiger partial charge is 0.450 e. The maximum atomic E-state index is 8.56. The first-order valence-corrected chi connectivity index (χ1v) is 3.22. The second-order valence-electron chi connectivity index (χ2n) is 1.57. The molecule has 13 heavy (non-hydrogen) atoms. The van der Waals surface area contributed by atoms with Crippen LogP contribution < -0.4 is 0 Å². The fraction of sp³-hybridized carbons (Fsp3) is 0.714. The fourth-order valence-corrected chi connectivity index (χ4v) is 0. The average molecular weight is 198 g/mol. The highest BCUT2D eigenvalue weighted by molar-refractivity contribution is 5.53. The van der Waals surface area contributed by atoms with Gasteiger partial charge in [0, 0.05) is 0 Å². The standard InChI is InChI=1S/C4H10.2CH2O3.CH4/c1-3-4-2;2*2-1(3)4;/h3-4H2,1-2H3;2*(H2,2,3,4);1H4. The van der Waals surface area contributed by atoms with Crippen molar-refractivity contribution in [1.29, 1.82) is 0 Å². The zero-order valence-electron chi connectivity index (χ0n) is 7.02. The monoisotopic (exact) mass is 198 g/mol. The Kier molecular flexibility index (Phi) is 38.9. The highest BCUT2D eigenvalue weighted by Crippen LogP contribution is 1.76. The van der Waals surface area contributed by atoms with Gasteiger partial charge in [0.05, 0.1) is 0 Å². The third kappa shape index (κ3) is 3630. The van der Waals surface area contributed by atoms with Gasteiger partial charge in [-0.05, 0) is 0 Å². The van der Waals surface area contributed by atoms with E-state index in [9.17, 15) is 0 Å². The zero-order valence-corrected chi connectivity index (χ0v) is 7.02. The molecule has 0 aromatic rings. The number of carbonyl (C=O) groups is 2. The summed E-state index contributed by atoms with van der Waals surface area (Å²) in [7, 11) is 0. The van der Waals surface area contributed by atoms with Crippen molar-refractivity contribution in [2.45, 2.75) is 34.1 Å². The van der Waals surface area contributed by atoms with E-state index in [1.54, 1.807) is 0 Å². The minimum absolute atomic E-state index is 0. The van der Waals surface area contributed by atoms with E-state index in [0.717, 1.165) is 0 Å². The van der Waals surface area contributed by atoms with Crippen molar-refractivity contribution < 1.29 is 30.0 Å². The highest BCUT2D eigenvalue weighted by Gasteiger charge is 1.70. The number of hydrogen-bond donors (Lipinski definition) is 4. The first-order valence-electron chi connectivity index (χ1n) is 3.22. The van der Waals surface area contributed by atoms with Gasteiger partial charge < -0.3 is 20.4 Å². The molecule has 0 aromatic heterocycles. The van der Waals surface area contributed by atoms with Crippen molar-refractivity contribution >= 4 is 12.3 Å². The van der Waals surface area contributed by atoms with E-state index >= 15 is 0 Å². The lowest BCUT2D eigenvalue weighted by molar-refractivity contribution is 0.135. The Hall–Kier alpha value is -1.46. The molecule has 0 aromatic carbocycles. The van der Waals surface area contributed by atoms with Gasteiger partial charge in [-0.1, -0.05) is 34.1 Å². The lowest BCUT2D eigenvalue weighted by atomic mass is 10.4. The van der Waals surface area contributed by atoms with E-state index < -0.39 is 12.3 Å². The summed E-state index contributed by atoms with van der Waals surface area (Å²) >= 11 is 0. The van der Waals surface area contributed by atoms with Crippen molar-refractivity contribution in [3.8, 4) is 0 Å². The van der Waals surface area contributed by atoms with Crippen LogP contribution in [-0.4, -0.2) is 32.7 Å². The number of hydrogen-bond acceptors (Lipinski definition) is 2. The predicted molar refractivity (Wildman–Crippen MR) is 48.6 cm³/mol. The van der Waals surface area contributed by atoms with Gasteiger partial charge in [-0.3, -0.25) is 0 Å². The quantitative estimate of drug-likeness (QED) is 0.515. The first kappa shape index (κ1) is 22.5. The van der Waals surface area contributed by atoms with Gasteiger partial charge in [0.15, 0.2) is 0 Å². The molecular weight excluding hydrogens is 180 g/mol. The molecule has 0 saturated heterocycles. The molecule has 0 atom stereocenters. The molecule has 0 amide bonds. The molecule has 0 unspecified atom stereocenters. The van der Waals surface area contributed by atoms with E-state index in [0.29, 0.717) is 0 Å². The van der Waals surface area contributed by atoms with Crippen LogP contribution >= 0.6 is 0 Å². The van der Waals surface area contributed by atoms with E-state index in [1.807, 2.05) is 0 Å². The van der Waals surface area contributed by atoms with Crippen LogP contribution in [0.2, 0.25) is 0 Å². The Morgan fingerprint density at radius 3 is 0.923 bits per heavy atom. The first-order chi connectivity index (χ1) is 5.38. The van der Waals surface area contributed by atoms with Gasteiger partial charge in [0.1, 0.15) is 0 Å². The largest absolute Gasteiger partial charge is 0.503 e. The number of unbranched alkanes of at least 4 members (excludes halogenated alkanes) is 1. The van der Waals surface area contributed by atoms with Gasteiger partial charge >= 0.3 is 12.3 Å². The number of carboxylic acid groups (broad SMARTS) is 4. The lowest BCUT2D eigenvalue weighted by Crippen LogP contribution is -1.81. The van der Waals surface area contributed by atoms with Crippen molar-refractivity contribution in [2.75, 3.05) is 0 Å². The summed E-state index contributed by atoms with van der Waals surface area (Å²) < 4.78 is 0. The molecule has 0 rings (SSSR count). The second-order valence-corrected chi connectivity index (χ2v) is 1.57. The minimum Gasteiger partial charge on any atom is -0.450 e. The summed E-state index contributed by atoms with van der Waals surface area (Å²) in [5, 5.41) is 27.9. The molecule has 6 heteroatoms. The fourth-order valence-electron chi connectivity index (χ4n) is 0. The van der Waals surface area contributed by atoms with Gasteiger partial charge in [0.2, 0.25) is 0 Å². The molecule has 0 saturated carbocycles. The van der Waals surface area contributed by atoms with Gasteiger partial charge in [-0.25, -0.2) is 9.59 Å². The molecule has 4 N–H and O–H groups in total. The van der Waals surface area contributed by atoms with Gasteiger partial charge in [-0.15, -0.1) is 0 Å². The van der Waals surface area contributed by atoms with Gasteiger partial charge in [0.25, 0.3) is 0 Å². The van der Waals surface area contributed by atoms with E-state index in [4.69, 9.17) is 30.0 Å². The van der Waals surface area contributed by atoms with E-state index in [1.165, 1.54) is 12.8 Å². The van der Waals surface area contributed by atoms with E-state index in [-0.39, 0.29) is 7.43 Å². The van der Waals surface area contributed by atoms with Crippen LogP contribution in [0.1, 0.15) is 34.1 Å². The molecular formula is C7H18O6. The normalized spacial score (nSPS) is 6.00. The highest BCUT2D eigenvalue weighted by atomic mass is 16.6. The maximum Gasteiger partial charge on any atom is 0.503 e.